The van der Waals surface area contributed by atoms with Crippen molar-refractivity contribution in [3.63, 3.8) is 0 Å². The highest BCUT2D eigenvalue weighted by atomic mass is 35.5. The first kappa shape index (κ1) is 22.2. The van der Waals surface area contributed by atoms with Crippen LogP contribution in [0.1, 0.15) is 18.1 Å². The molecule has 0 aliphatic rings. The van der Waals surface area contributed by atoms with Gasteiger partial charge in [0.15, 0.2) is 15.4 Å². The fraction of sp³-hybridized carbons (Fsp3) is 0.278. The van der Waals surface area contributed by atoms with Gasteiger partial charge in [-0.3, -0.25) is 4.79 Å². The van der Waals surface area contributed by atoms with Gasteiger partial charge in [0.25, 0.3) is 5.91 Å². The van der Waals surface area contributed by atoms with Gasteiger partial charge in [-0.05, 0) is 36.8 Å². The van der Waals surface area contributed by atoms with Crippen molar-refractivity contribution < 1.29 is 31.5 Å². The number of carbonyl (C=O) groups excluding carboxylic acids is 1. The maximum Gasteiger partial charge on any atom is 0.416 e. The molecule has 5 nitrogen and oxygen atoms in total. The topological polar surface area (TPSA) is 83.5 Å². The zero-order valence-electron chi connectivity index (χ0n) is 14.6. The van der Waals surface area contributed by atoms with Crippen molar-refractivity contribution in [3.05, 3.63) is 64.7 Å². The Morgan fingerprint density at radius 3 is 2.39 bits per heavy atom. The first-order chi connectivity index (χ1) is 12.8. The Kier molecular flexibility index (Phi) is 6.42. The lowest BCUT2D eigenvalue weighted by molar-refractivity contribution is -0.137. The van der Waals surface area contributed by atoms with Crippen LogP contribution in [0.25, 0.3) is 0 Å². The summed E-state index contributed by atoms with van der Waals surface area (Å²) in [5.41, 5.74) is -3.27. The first-order valence-corrected chi connectivity index (χ1v) is 10.1. The highest BCUT2D eigenvalue weighted by molar-refractivity contribution is 7.90. The second-order valence-corrected chi connectivity index (χ2v) is 8.90. The van der Waals surface area contributed by atoms with Crippen LogP contribution >= 0.6 is 11.6 Å². The number of hydrogen-bond acceptors (Lipinski definition) is 4. The maximum absolute atomic E-state index is 12.7. The van der Waals surface area contributed by atoms with Crippen LogP contribution in [0.2, 0.25) is 5.02 Å². The molecule has 0 aliphatic carbocycles. The maximum atomic E-state index is 12.7. The molecule has 2 rings (SSSR count). The second-order valence-electron chi connectivity index (χ2n) is 6.43. The molecule has 0 aromatic heterocycles. The van der Waals surface area contributed by atoms with E-state index in [4.69, 9.17) is 11.6 Å². The van der Waals surface area contributed by atoms with Crippen molar-refractivity contribution >= 4 is 33.0 Å². The molecule has 2 N–H and O–H groups in total. The van der Waals surface area contributed by atoms with Gasteiger partial charge in [0.2, 0.25) is 0 Å². The van der Waals surface area contributed by atoms with Gasteiger partial charge in [-0.1, -0.05) is 35.9 Å². The van der Waals surface area contributed by atoms with Gasteiger partial charge < -0.3 is 10.4 Å². The Balaban J connectivity index is 2.13. The summed E-state index contributed by atoms with van der Waals surface area (Å²) < 4.78 is 63.0. The number of anilines is 1. The lowest BCUT2D eigenvalue weighted by Crippen LogP contribution is -2.46. The van der Waals surface area contributed by atoms with E-state index in [1.165, 1.54) is 18.2 Å². The number of carbonyl (C=O) groups is 1. The molecule has 0 radical (unpaired) electrons. The highest BCUT2D eigenvalue weighted by Crippen LogP contribution is 2.31. The number of sulfone groups is 1. The minimum absolute atomic E-state index is 0.219. The number of alkyl halides is 3. The summed E-state index contributed by atoms with van der Waals surface area (Å²) in [4.78, 5) is 12.3. The van der Waals surface area contributed by atoms with E-state index in [1.54, 1.807) is 12.1 Å². The second kappa shape index (κ2) is 8.10. The van der Waals surface area contributed by atoms with E-state index in [9.17, 15) is 31.5 Å². The molecule has 0 saturated heterocycles. The summed E-state index contributed by atoms with van der Waals surface area (Å²) in [6, 6.07) is 10.0. The van der Waals surface area contributed by atoms with Gasteiger partial charge in [0.05, 0.1) is 17.1 Å². The Hall–Kier alpha value is -2.10. The molecule has 28 heavy (non-hydrogen) atoms. The summed E-state index contributed by atoms with van der Waals surface area (Å²) >= 11 is 5.92. The van der Waals surface area contributed by atoms with Crippen LogP contribution in [0.4, 0.5) is 18.9 Å². The third-order valence-electron chi connectivity index (χ3n) is 3.77. The SMILES string of the molecule is C[C@@](O)(CS(=O)(=O)Cc1ccccc1Cl)C(=O)Nc1cccc(C(F)(F)F)c1. The zero-order valence-corrected chi connectivity index (χ0v) is 16.2. The van der Waals surface area contributed by atoms with Crippen LogP contribution in [-0.4, -0.2) is 30.8 Å². The lowest BCUT2D eigenvalue weighted by Gasteiger charge is -2.22. The molecule has 10 heteroatoms. The third kappa shape index (κ3) is 5.95. The van der Waals surface area contributed by atoms with E-state index in [1.807, 2.05) is 0 Å². The Labute approximate surface area is 165 Å². The molecule has 0 bridgehead atoms. The van der Waals surface area contributed by atoms with Gasteiger partial charge in [0.1, 0.15) is 0 Å². The Morgan fingerprint density at radius 2 is 1.79 bits per heavy atom. The standard InChI is InChI=1S/C18H17ClF3NO4S/c1-17(25,11-28(26,27)10-12-5-2-3-8-15(12)19)16(24)23-14-7-4-6-13(9-14)18(20,21)22/h2-9,25H,10-11H2,1H3,(H,23,24)/t17-/m1/s1. The Morgan fingerprint density at radius 1 is 1.14 bits per heavy atom. The Bertz CT molecular complexity index is 975. The summed E-state index contributed by atoms with van der Waals surface area (Å²) in [5, 5.41) is 12.6. The summed E-state index contributed by atoms with van der Waals surface area (Å²) in [6.45, 7) is 0.972. The molecule has 1 amide bonds. The number of rotatable bonds is 6. The van der Waals surface area contributed by atoms with Gasteiger partial charge in [-0.15, -0.1) is 0 Å². The predicted molar refractivity (Wildman–Crippen MR) is 99.6 cm³/mol. The van der Waals surface area contributed by atoms with Crippen molar-refractivity contribution in [1.82, 2.24) is 0 Å². The number of hydrogen-bond donors (Lipinski definition) is 2. The molecule has 2 aromatic rings. The summed E-state index contributed by atoms with van der Waals surface area (Å²) in [5.74, 6) is -2.58. The van der Waals surface area contributed by atoms with E-state index in [0.29, 0.717) is 11.6 Å². The monoisotopic (exact) mass is 435 g/mol. The molecule has 0 heterocycles. The molecule has 0 aliphatic heterocycles. The van der Waals surface area contributed by atoms with Crippen LogP contribution in [0.15, 0.2) is 48.5 Å². The smallest absolute Gasteiger partial charge is 0.379 e. The molecule has 0 unspecified atom stereocenters. The quantitative estimate of drug-likeness (QED) is 0.725. The highest BCUT2D eigenvalue weighted by Gasteiger charge is 2.37. The van der Waals surface area contributed by atoms with Crippen molar-refractivity contribution in [3.8, 4) is 0 Å². The number of aliphatic hydroxyl groups is 1. The van der Waals surface area contributed by atoms with E-state index < -0.39 is 44.6 Å². The molecule has 152 valence electrons. The van der Waals surface area contributed by atoms with Crippen molar-refractivity contribution in [2.75, 3.05) is 11.1 Å². The van der Waals surface area contributed by atoms with Crippen molar-refractivity contribution in [2.24, 2.45) is 0 Å². The summed E-state index contributed by atoms with van der Waals surface area (Å²) in [7, 11) is -3.96. The molecular formula is C18H17ClF3NO4S. The molecule has 0 fully saturated rings. The van der Waals surface area contributed by atoms with E-state index in [0.717, 1.165) is 19.1 Å². The zero-order chi connectivity index (χ0) is 21.2. The molecule has 1 atom stereocenters. The summed E-state index contributed by atoms with van der Waals surface area (Å²) in [6.07, 6.45) is -4.61. The van der Waals surface area contributed by atoms with E-state index in [2.05, 4.69) is 5.32 Å². The largest absolute Gasteiger partial charge is 0.416 e. The van der Waals surface area contributed by atoms with Crippen LogP contribution in [0.5, 0.6) is 0 Å². The molecule has 0 spiro atoms. The van der Waals surface area contributed by atoms with E-state index in [-0.39, 0.29) is 10.7 Å². The van der Waals surface area contributed by atoms with Crippen LogP contribution in [-0.2, 0) is 26.6 Å². The number of benzene rings is 2. The fourth-order valence-electron chi connectivity index (χ4n) is 2.44. The van der Waals surface area contributed by atoms with Crippen LogP contribution in [0, 0.1) is 0 Å². The van der Waals surface area contributed by atoms with Gasteiger partial charge >= 0.3 is 6.18 Å². The van der Waals surface area contributed by atoms with Crippen molar-refractivity contribution in [2.45, 2.75) is 24.5 Å². The molecular weight excluding hydrogens is 419 g/mol. The minimum atomic E-state index is -4.61. The average molecular weight is 436 g/mol. The van der Waals surface area contributed by atoms with Crippen LogP contribution < -0.4 is 5.32 Å². The third-order valence-corrected chi connectivity index (χ3v) is 5.89. The lowest BCUT2D eigenvalue weighted by atomic mass is 10.1. The number of amides is 1. The normalized spacial score (nSPS) is 14.4. The minimum Gasteiger partial charge on any atom is -0.379 e. The van der Waals surface area contributed by atoms with Crippen molar-refractivity contribution in [1.29, 1.82) is 0 Å². The first-order valence-electron chi connectivity index (χ1n) is 7.95. The van der Waals surface area contributed by atoms with Gasteiger partial charge in [0, 0.05) is 10.7 Å². The van der Waals surface area contributed by atoms with Gasteiger partial charge in [-0.25, -0.2) is 8.42 Å². The number of nitrogens with one attached hydrogen (secondary N) is 1. The molecule has 0 saturated carbocycles. The van der Waals surface area contributed by atoms with Crippen LogP contribution in [0.3, 0.4) is 0 Å². The average Bonchev–Trinajstić information content (AvgIpc) is 2.55. The van der Waals surface area contributed by atoms with E-state index >= 15 is 0 Å². The van der Waals surface area contributed by atoms with Gasteiger partial charge in [-0.2, -0.15) is 13.2 Å². The fourth-order valence-corrected chi connectivity index (χ4v) is 4.53. The predicted octanol–water partition coefficient (Wildman–Crippen LogP) is 3.66. The molecule has 2 aromatic carbocycles. The number of halogens is 4.